The van der Waals surface area contributed by atoms with E-state index in [9.17, 15) is 0 Å². The summed E-state index contributed by atoms with van der Waals surface area (Å²) in [5, 5.41) is 0. The summed E-state index contributed by atoms with van der Waals surface area (Å²) in [6.07, 6.45) is 13.4. The maximum absolute atomic E-state index is 2.53. The topological polar surface area (TPSA) is 0 Å². The van der Waals surface area contributed by atoms with E-state index in [1.807, 2.05) is 22.3 Å². The van der Waals surface area contributed by atoms with Gasteiger partial charge in [-0.2, -0.15) is 0 Å². The van der Waals surface area contributed by atoms with Crippen molar-refractivity contribution in [3.63, 3.8) is 0 Å². The maximum atomic E-state index is 2.53. The summed E-state index contributed by atoms with van der Waals surface area (Å²) in [6.45, 7) is 7.43. The van der Waals surface area contributed by atoms with E-state index in [0.29, 0.717) is 0 Å². The molecule has 0 nitrogen and oxygen atoms in total. The van der Waals surface area contributed by atoms with Gasteiger partial charge in [-0.1, -0.05) is 31.4 Å². The Labute approximate surface area is 142 Å². The predicted molar refractivity (Wildman–Crippen MR) is 97.1 cm³/mol. The highest BCUT2D eigenvalue weighted by molar-refractivity contribution is 5.55. The molecular weight excluding hydrogens is 276 g/mol. The Morgan fingerprint density at radius 3 is 2.48 bits per heavy atom. The largest absolute Gasteiger partial charge is 0.0654 e. The Morgan fingerprint density at radius 1 is 0.957 bits per heavy atom. The molecule has 5 rings (SSSR count). The van der Waals surface area contributed by atoms with E-state index in [-0.39, 0.29) is 0 Å². The van der Waals surface area contributed by atoms with Gasteiger partial charge in [0.15, 0.2) is 0 Å². The molecule has 0 aromatic rings. The van der Waals surface area contributed by atoms with Crippen molar-refractivity contribution in [2.45, 2.75) is 78.6 Å². The van der Waals surface area contributed by atoms with Gasteiger partial charge in [0.2, 0.25) is 0 Å². The first-order valence-corrected chi connectivity index (χ1v) is 10.6. The molecule has 0 radical (unpaired) electrons. The first-order chi connectivity index (χ1) is 11.2. The molecule has 5 aliphatic rings. The van der Waals surface area contributed by atoms with Crippen LogP contribution < -0.4 is 0 Å². The number of hydrogen-bond acceptors (Lipinski definition) is 0. The molecule has 0 aromatic carbocycles. The van der Waals surface area contributed by atoms with Crippen molar-refractivity contribution >= 4 is 0 Å². The average Bonchev–Trinajstić information content (AvgIpc) is 3.29. The Kier molecular flexibility index (Phi) is 3.37. The lowest BCUT2D eigenvalue weighted by Crippen LogP contribution is -2.46. The van der Waals surface area contributed by atoms with E-state index in [1.54, 1.807) is 6.42 Å². The monoisotopic (exact) mass is 310 g/mol. The molecule has 3 saturated carbocycles. The van der Waals surface area contributed by atoms with Crippen molar-refractivity contribution in [3.05, 3.63) is 22.3 Å². The van der Waals surface area contributed by atoms with E-state index < -0.39 is 0 Å². The summed E-state index contributed by atoms with van der Waals surface area (Å²) in [6, 6.07) is 0. The van der Waals surface area contributed by atoms with E-state index in [1.165, 1.54) is 51.4 Å². The van der Waals surface area contributed by atoms with Gasteiger partial charge >= 0.3 is 0 Å². The van der Waals surface area contributed by atoms with Crippen molar-refractivity contribution in [1.82, 2.24) is 0 Å². The van der Waals surface area contributed by atoms with Crippen LogP contribution in [0.2, 0.25) is 0 Å². The lowest BCUT2D eigenvalue weighted by atomic mass is 9.51. The highest BCUT2D eigenvalue weighted by Gasteiger charge is 2.55. The van der Waals surface area contributed by atoms with Crippen molar-refractivity contribution < 1.29 is 0 Å². The molecule has 6 atom stereocenters. The fraction of sp³-hybridized carbons (Fsp3) is 0.826. The van der Waals surface area contributed by atoms with Crippen LogP contribution in [0, 0.1) is 41.4 Å². The zero-order valence-electron chi connectivity index (χ0n) is 15.4. The van der Waals surface area contributed by atoms with Crippen LogP contribution in [0.3, 0.4) is 0 Å². The number of unbranched alkanes of at least 4 members (excludes halogenated alkanes) is 1. The highest BCUT2D eigenvalue weighted by Crippen LogP contribution is 2.66. The highest BCUT2D eigenvalue weighted by atomic mass is 14.6. The van der Waals surface area contributed by atoms with Gasteiger partial charge in [0.1, 0.15) is 0 Å². The lowest BCUT2D eigenvalue weighted by Gasteiger charge is -2.54. The van der Waals surface area contributed by atoms with Gasteiger partial charge in [0, 0.05) is 5.92 Å². The second kappa shape index (κ2) is 5.24. The van der Waals surface area contributed by atoms with E-state index >= 15 is 0 Å². The van der Waals surface area contributed by atoms with Crippen molar-refractivity contribution in [2.75, 3.05) is 0 Å². The van der Waals surface area contributed by atoms with Crippen molar-refractivity contribution in [3.8, 4) is 0 Å². The molecule has 0 heterocycles. The molecule has 0 amide bonds. The molecule has 2 bridgehead atoms. The second-order valence-corrected chi connectivity index (χ2v) is 9.58. The van der Waals surface area contributed by atoms with Crippen molar-refractivity contribution in [2.24, 2.45) is 41.4 Å². The van der Waals surface area contributed by atoms with Crippen LogP contribution in [0.5, 0.6) is 0 Å². The number of allylic oxidation sites excluding steroid dienone is 4. The van der Waals surface area contributed by atoms with E-state index in [0.717, 1.165) is 41.4 Å². The normalized spacial score (nSPS) is 45.0. The van der Waals surface area contributed by atoms with Crippen LogP contribution in [0.25, 0.3) is 0 Å². The molecule has 0 aliphatic heterocycles. The van der Waals surface area contributed by atoms with E-state index in [2.05, 4.69) is 20.8 Å². The van der Waals surface area contributed by atoms with Gasteiger partial charge in [0.25, 0.3) is 0 Å². The zero-order chi connectivity index (χ0) is 15.7. The minimum atomic E-state index is 0.914. The molecular formula is C23H34. The minimum absolute atomic E-state index is 0.914. The van der Waals surface area contributed by atoms with Gasteiger partial charge in [-0.15, -0.1) is 0 Å². The van der Waals surface area contributed by atoms with E-state index in [4.69, 9.17) is 0 Å². The first kappa shape index (κ1) is 14.8. The maximum Gasteiger partial charge on any atom is 0.00275 e. The second-order valence-electron chi connectivity index (χ2n) is 9.58. The van der Waals surface area contributed by atoms with Crippen LogP contribution in [-0.4, -0.2) is 0 Å². The molecule has 6 unspecified atom stereocenters. The molecule has 3 fully saturated rings. The Balaban J connectivity index is 1.54. The van der Waals surface area contributed by atoms with Crippen LogP contribution in [0.4, 0.5) is 0 Å². The molecule has 5 aliphatic carbocycles. The summed E-state index contributed by atoms with van der Waals surface area (Å²) in [5.41, 5.74) is 7.64. The Hall–Kier alpha value is -0.520. The standard InChI is InChI=1S/C23H34/c1-4-5-6-18-20-12-21-19-11-13(2)16(19)9-10-17(15-7-8-15)22(18)14(3)23(20)21/h13,15-17,19-21H,4-12H2,1-3H3. The molecule has 0 spiro atoms. The average molecular weight is 311 g/mol. The zero-order valence-corrected chi connectivity index (χ0v) is 15.4. The third-order valence-electron chi connectivity index (χ3n) is 8.48. The Morgan fingerprint density at radius 2 is 1.78 bits per heavy atom. The fourth-order valence-corrected chi connectivity index (χ4v) is 7.11. The predicted octanol–water partition coefficient (Wildman–Crippen LogP) is 6.53. The van der Waals surface area contributed by atoms with Gasteiger partial charge in [-0.05, 0) is 105 Å². The molecule has 126 valence electrons. The number of hydrogen-bond donors (Lipinski definition) is 0. The molecule has 0 saturated heterocycles. The fourth-order valence-electron chi connectivity index (χ4n) is 7.11. The molecule has 0 aromatic heterocycles. The smallest absolute Gasteiger partial charge is 0.00275 e. The van der Waals surface area contributed by atoms with Crippen LogP contribution in [-0.2, 0) is 0 Å². The first-order valence-electron chi connectivity index (χ1n) is 10.6. The van der Waals surface area contributed by atoms with Gasteiger partial charge in [0.05, 0.1) is 0 Å². The third kappa shape index (κ3) is 2.02. The Bertz CT molecular complexity index is 573. The molecule has 0 heteroatoms. The molecule has 0 N–H and O–H groups in total. The number of fused-ring (bicyclic) bond motifs is 3. The summed E-state index contributed by atoms with van der Waals surface area (Å²) < 4.78 is 0. The lowest BCUT2D eigenvalue weighted by molar-refractivity contribution is 0.00890. The summed E-state index contributed by atoms with van der Waals surface area (Å²) in [5.74, 6) is 7.07. The van der Waals surface area contributed by atoms with Crippen molar-refractivity contribution in [1.29, 1.82) is 0 Å². The SMILES string of the molecule is CCCCC1=C2C(C)=C3C1CC3C1CC(C)C1CCC2C1CC1. The quantitative estimate of drug-likeness (QED) is 0.553. The molecule has 23 heavy (non-hydrogen) atoms. The number of rotatable bonds is 4. The third-order valence-corrected chi connectivity index (χ3v) is 8.48. The van der Waals surface area contributed by atoms with Crippen LogP contribution in [0.15, 0.2) is 22.3 Å². The van der Waals surface area contributed by atoms with Crippen LogP contribution >= 0.6 is 0 Å². The van der Waals surface area contributed by atoms with Gasteiger partial charge < -0.3 is 0 Å². The van der Waals surface area contributed by atoms with Gasteiger partial charge in [-0.3, -0.25) is 0 Å². The van der Waals surface area contributed by atoms with Crippen LogP contribution in [0.1, 0.15) is 78.6 Å². The summed E-state index contributed by atoms with van der Waals surface area (Å²) in [4.78, 5) is 0. The summed E-state index contributed by atoms with van der Waals surface area (Å²) in [7, 11) is 0. The summed E-state index contributed by atoms with van der Waals surface area (Å²) >= 11 is 0. The minimum Gasteiger partial charge on any atom is -0.0654 e. The van der Waals surface area contributed by atoms with Gasteiger partial charge in [-0.25, -0.2) is 0 Å².